The molecule has 0 heterocycles. The molecule has 1 aliphatic rings. The summed E-state index contributed by atoms with van der Waals surface area (Å²) in [6.45, 7) is 3.98. The van der Waals surface area contributed by atoms with E-state index in [0.717, 1.165) is 35.4 Å². The SMILES string of the molecule is Cc1ccc(C(=O)Nc2ccc(OC3CCCC3)cc2)c(C)c1. The number of carbonyl (C=O) groups is 1. The second kappa shape index (κ2) is 6.86. The van der Waals surface area contributed by atoms with E-state index < -0.39 is 0 Å². The third-order valence-corrected chi connectivity index (χ3v) is 4.34. The fraction of sp³-hybridized carbons (Fsp3) is 0.350. The first-order valence-electron chi connectivity index (χ1n) is 8.27. The maximum absolute atomic E-state index is 12.4. The Morgan fingerprint density at radius 3 is 2.39 bits per heavy atom. The molecule has 23 heavy (non-hydrogen) atoms. The van der Waals surface area contributed by atoms with Crippen molar-refractivity contribution in [2.75, 3.05) is 5.32 Å². The van der Waals surface area contributed by atoms with Gasteiger partial charge in [0.2, 0.25) is 0 Å². The van der Waals surface area contributed by atoms with Crippen molar-refractivity contribution in [2.45, 2.75) is 45.6 Å². The Morgan fingerprint density at radius 1 is 1.04 bits per heavy atom. The molecule has 0 aliphatic heterocycles. The number of ether oxygens (including phenoxy) is 1. The van der Waals surface area contributed by atoms with E-state index in [1.165, 1.54) is 12.8 Å². The van der Waals surface area contributed by atoms with Gasteiger partial charge in [-0.2, -0.15) is 0 Å². The number of hydrogen-bond donors (Lipinski definition) is 1. The van der Waals surface area contributed by atoms with Crippen LogP contribution in [-0.4, -0.2) is 12.0 Å². The third-order valence-electron chi connectivity index (χ3n) is 4.34. The molecule has 0 radical (unpaired) electrons. The molecule has 0 atom stereocenters. The van der Waals surface area contributed by atoms with E-state index in [2.05, 4.69) is 5.32 Å². The van der Waals surface area contributed by atoms with E-state index in [1.807, 2.05) is 56.3 Å². The zero-order chi connectivity index (χ0) is 16.2. The number of amides is 1. The number of aryl methyl sites for hydroxylation is 2. The number of anilines is 1. The van der Waals surface area contributed by atoms with Gasteiger partial charge in [-0.15, -0.1) is 0 Å². The molecule has 0 bridgehead atoms. The second-order valence-electron chi connectivity index (χ2n) is 6.32. The average Bonchev–Trinajstić information content (AvgIpc) is 3.02. The average molecular weight is 309 g/mol. The zero-order valence-electron chi connectivity index (χ0n) is 13.8. The van der Waals surface area contributed by atoms with E-state index in [4.69, 9.17) is 4.74 Å². The molecule has 1 saturated carbocycles. The van der Waals surface area contributed by atoms with Crippen LogP contribution in [0.1, 0.15) is 47.2 Å². The van der Waals surface area contributed by atoms with Crippen molar-refractivity contribution in [2.24, 2.45) is 0 Å². The van der Waals surface area contributed by atoms with Gasteiger partial charge < -0.3 is 10.1 Å². The van der Waals surface area contributed by atoms with Gasteiger partial charge in [0.15, 0.2) is 0 Å². The number of nitrogens with one attached hydrogen (secondary N) is 1. The molecule has 1 amide bonds. The summed E-state index contributed by atoms with van der Waals surface area (Å²) in [6.07, 6.45) is 5.16. The Morgan fingerprint density at radius 2 is 1.74 bits per heavy atom. The first-order chi connectivity index (χ1) is 11.1. The summed E-state index contributed by atoms with van der Waals surface area (Å²) in [5.74, 6) is 0.799. The van der Waals surface area contributed by atoms with Gasteiger partial charge in [0.25, 0.3) is 5.91 Å². The molecule has 2 aromatic rings. The highest BCUT2D eigenvalue weighted by molar-refractivity contribution is 6.05. The highest BCUT2D eigenvalue weighted by atomic mass is 16.5. The standard InChI is InChI=1S/C20H23NO2/c1-14-7-12-19(15(2)13-14)20(22)21-16-8-10-18(11-9-16)23-17-5-3-4-6-17/h7-13,17H,3-6H2,1-2H3,(H,21,22). The molecule has 1 N–H and O–H groups in total. The topological polar surface area (TPSA) is 38.3 Å². The Kier molecular flexibility index (Phi) is 4.65. The highest BCUT2D eigenvalue weighted by Crippen LogP contribution is 2.25. The van der Waals surface area contributed by atoms with E-state index in [9.17, 15) is 4.79 Å². The number of rotatable bonds is 4. The van der Waals surface area contributed by atoms with Crippen LogP contribution in [0.5, 0.6) is 5.75 Å². The fourth-order valence-electron chi connectivity index (χ4n) is 3.08. The van der Waals surface area contributed by atoms with Crippen molar-refractivity contribution in [3.8, 4) is 5.75 Å². The summed E-state index contributed by atoms with van der Waals surface area (Å²) < 4.78 is 5.94. The normalized spacial score (nSPS) is 14.7. The van der Waals surface area contributed by atoms with E-state index >= 15 is 0 Å². The number of carbonyl (C=O) groups excluding carboxylic acids is 1. The quantitative estimate of drug-likeness (QED) is 0.874. The van der Waals surface area contributed by atoms with Crippen LogP contribution in [-0.2, 0) is 0 Å². The predicted octanol–water partition coefficient (Wildman–Crippen LogP) is 4.88. The van der Waals surface area contributed by atoms with Gasteiger partial charge >= 0.3 is 0 Å². The van der Waals surface area contributed by atoms with Crippen LogP contribution in [0.25, 0.3) is 0 Å². The fourth-order valence-corrected chi connectivity index (χ4v) is 3.08. The van der Waals surface area contributed by atoms with Crippen LogP contribution in [0.3, 0.4) is 0 Å². The minimum atomic E-state index is -0.0769. The van der Waals surface area contributed by atoms with Gasteiger partial charge in [-0.25, -0.2) is 0 Å². The summed E-state index contributed by atoms with van der Waals surface area (Å²) in [6, 6.07) is 13.5. The molecule has 1 fully saturated rings. The minimum Gasteiger partial charge on any atom is -0.490 e. The Hall–Kier alpha value is -2.29. The lowest BCUT2D eigenvalue weighted by atomic mass is 10.1. The molecule has 0 spiro atoms. The Balaban J connectivity index is 1.64. The molecule has 1 aliphatic carbocycles. The highest BCUT2D eigenvalue weighted by Gasteiger charge is 2.16. The van der Waals surface area contributed by atoms with Crippen LogP contribution in [0, 0.1) is 13.8 Å². The van der Waals surface area contributed by atoms with Gasteiger partial charge in [-0.3, -0.25) is 4.79 Å². The van der Waals surface area contributed by atoms with Gasteiger partial charge in [-0.05, 0) is 75.4 Å². The summed E-state index contributed by atoms with van der Waals surface area (Å²) in [5.41, 5.74) is 3.65. The van der Waals surface area contributed by atoms with E-state index in [1.54, 1.807) is 0 Å². The second-order valence-corrected chi connectivity index (χ2v) is 6.32. The first-order valence-corrected chi connectivity index (χ1v) is 8.27. The van der Waals surface area contributed by atoms with Crippen molar-refractivity contribution in [1.82, 2.24) is 0 Å². The molecule has 120 valence electrons. The van der Waals surface area contributed by atoms with Crippen molar-refractivity contribution in [3.05, 3.63) is 59.2 Å². The maximum atomic E-state index is 12.4. The number of hydrogen-bond acceptors (Lipinski definition) is 2. The number of benzene rings is 2. The van der Waals surface area contributed by atoms with Gasteiger partial charge in [0.05, 0.1) is 6.10 Å². The summed E-state index contributed by atoms with van der Waals surface area (Å²) in [5, 5.41) is 2.94. The molecule has 0 unspecified atom stereocenters. The molecule has 3 nitrogen and oxygen atoms in total. The largest absolute Gasteiger partial charge is 0.490 e. The smallest absolute Gasteiger partial charge is 0.255 e. The van der Waals surface area contributed by atoms with Crippen LogP contribution in [0.15, 0.2) is 42.5 Å². The summed E-state index contributed by atoms with van der Waals surface area (Å²) in [4.78, 5) is 12.4. The Labute approximate surface area is 137 Å². The minimum absolute atomic E-state index is 0.0769. The van der Waals surface area contributed by atoms with Crippen molar-refractivity contribution >= 4 is 11.6 Å². The molecule has 3 heteroatoms. The lowest BCUT2D eigenvalue weighted by Crippen LogP contribution is -2.14. The monoisotopic (exact) mass is 309 g/mol. The molecule has 3 rings (SSSR count). The van der Waals surface area contributed by atoms with Crippen LogP contribution < -0.4 is 10.1 Å². The third kappa shape index (κ3) is 3.92. The van der Waals surface area contributed by atoms with Gasteiger partial charge in [0, 0.05) is 11.3 Å². The van der Waals surface area contributed by atoms with Crippen LogP contribution in [0.4, 0.5) is 5.69 Å². The van der Waals surface area contributed by atoms with Gasteiger partial charge in [-0.1, -0.05) is 17.7 Å². The summed E-state index contributed by atoms with van der Waals surface area (Å²) >= 11 is 0. The van der Waals surface area contributed by atoms with E-state index in [0.29, 0.717) is 11.7 Å². The van der Waals surface area contributed by atoms with Crippen LogP contribution >= 0.6 is 0 Å². The van der Waals surface area contributed by atoms with E-state index in [-0.39, 0.29) is 5.91 Å². The predicted molar refractivity (Wildman–Crippen MR) is 93.2 cm³/mol. The Bertz CT molecular complexity index is 685. The lowest BCUT2D eigenvalue weighted by Gasteiger charge is -2.13. The van der Waals surface area contributed by atoms with Crippen molar-refractivity contribution in [1.29, 1.82) is 0 Å². The molecule has 0 aromatic heterocycles. The van der Waals surface area contributed by atoms with Crippen molar-refractivity contribution in [3.63, 3.8) is 0 Å². The molecular formula is C20H23NO2. The van der Waals surface area contributed by atoms with Gasteiger partial charge in [0.1, 0.15) is 5.75 Å². The molecule has 0 saturated heterocycles. The van der Waals surface area contributed by atoms with Crippen molar-refractivity contribution < 1.29 is 9.53 Å². The molecular weight excluding hydrogens is 286 g/mol. The lowest BCUT2D eigenvalue weighted by molar-refractivity contribution is 0.102. The van der Waals surface area contributed by atoms with Crippen LogP contribution in [0.2, 0.25) is 0 Å². The summed E-state index contributed by atoms with van der Waals surface area (Å²) in [7, 11) is 0. The zero-order valence-corrected chi connectivity index (χ0v) is 13.8. The maximum Gasteiger partial charge on any atom is 0.255 e. The first kappa shape index (κ1) is 15.6. The molecule has 2 aromatic carbocycles.